The van der Waals surface area contributed by atoms with Gasteiger partial charge in [0.1, 0.15) is 5.60 Å². The summed E-state index contributed by atoms with van der Waals surface area (Å²) in [5.74, 6) is 0.884. The Balaban J connectivity index is 2.99. The van der Waals surface area contributed by atoms with E-state index in [9.17, 15) is 5.11 Å². The van der Waals surface area contributed by atoms with Crippen LogP contribution in [0.1, 0.15) is 52.5 Å². The van der Waals surface area contributed by atoms with E-state index in [1.54, 1.807) is 6.07 Å². The van der Waals surface area contributed by atoms with Crippen molar-refractivity contribution in [3.8, 4) is 11.5 Å². The Morgan fingerprint density at radius 1 is 1.31 bits per heavy atom. The molecular formula is C14H21O2. The fraction of sp³-hybridized carbons (Fsp3) is 0.571. The van der Waals surface area contributed by atoms with Gasteiger partial charge in [-0.1, -0.05) is 19.9 Å². The first kappa shape index (κ1) is 12.9. The lowest BCUT2D eigenvalue weighted by Gasteiger charge is -2.22. The van der Waals surface area contributed by atoms with Crippen LogP contribution in [0, 0.1) is 0 Å². The van der Waals surface area contributed by atoms with Gasteiger partial charge in [0.15, 0.2) is 5.75 Å². The molecule has 0 aliphatic heterocycles. The summed E-state index contributed by atoms with van der Waals surface area (Å²) in [5.41, 5.74) is 0.842. The van der Waals surface area contributed by atoms with Gasteiger partial charge < -0.3 is 4.74 Å². The van der Waals surface area contributed by atoms with Crippen molar-refractivity contribution in [2.75, 3.05) is 0 Å². The van der Waals surface area contributed by atoms with Gasteiger partial charge in [0.25, 0.3) is 0 Å². The molecule has 0 aromatic heterocycles. The highest BCUT2D eigenvalue weighted by atomic mass is 16.5. The Bertz CT molecular complexity index is 350. The van der Waals surface area contributed by atoms with Gasteiger partial charge in [-0.05, 0) is 50.8 Å². The Labute approximate surface area is 98.3 Å². The van der Waals surface area contributed by atoms with Crippen LogP contribution >= 0.6 is 0 Å². The third-order valence-corrected chi connectivity index (χ3v) is 2.57. The molecule has 0 spiro atoms. The third kappa shape index (κ3) is 3.44. The molecule has 89 valence electrons. The molecule has 0 bridgehead atoms. The molecule has 16 heavy (non-hydrogen) atoms. The molecule has 0 aliphatic carbocycles. The van der Waals surface area contributed by atoms with Gasteiger partial charge in [-0.3, -0.25) is 5.11 Å². The topological polar surface area (TPSA) is 29.1 Å². The fourth-order valence-corrected chi connectivity index (χ4v) is 1.48. The highest BCUT2D eigenvalue weighted by Gasteiger charge is 2.16. The van der Waals surface area contributed by atoms with Crippen LogP contribution in [0.15, 0.2) is 18.2 Å². The van der Waals surface area contributed by atoms with Gasteiger partial charge in [-0.25, -0.2) is 0 Å². The largest absolute Gasteiger partial charge is 0.484 e. The van der Waals surface area contributed by atoms with Crippen LogP contribution in [0.3, 0.4) is 0 Å². The average Bonchev–Trinajstić information content (AvgIpc) is 2.18. The van der Waals surface area contributed by atoms with Crippen molar-refractivity contribution in [2.45, 2.75) is 52.6 Å². The minimum Gasteiger partial charge on any atom is -0.484 e. The number of rotatable bonds is 3. The number of benzene rings is 1. The Morgan fingerprint density at radius 3 is 2.44 bits per heavy atom. The normalized spacial score (nSPS) is 13.6. The average molecular weight is 221 g/mol. The SMILES string of the molecule is CCC(C)c1ccc([O])c(OC(C)(C)C)c1. The summed E-state index contributed by atoms with van der Waals surface area (Å²) in [5, 5.41) is 11.6. The second-order valence-electron chi connectivity index (χ2n) is 5.23. The van der Waals surface area contributed by atoms with Crippen LogP contribution < -0.4 is 4.74 Å². The van der Waals surface area contributed by atoms with Crippen molar-refractivity contribution in [1.82, 2.24) is 0 Å². The van der Waals surface area contributed by atoms with Crippen LogP contribution in [0.4, 0.5) is 0 Å². The van der Waals surface area contributed by atoms with Gasteiger partial charge >= 0.3 is 0 Å². The van der Waals surface area contributed by atoms with Gasteiger partial charge in [-0.15, -0.1) is 0 Å². The molecule has 2 nitrogen and oxygen atoms in total. The van der Waals surface area contributed by atoms with Crippen LogP contribution in [-0.2, 0) is 5.11 Å². The van der Waals surface area contributed by atoms with Crippen molar-refractivity contribution in [2.24, 2.45) is 0 Å². The van der Waals surface area contributed by atoms with E-state index in [0.29, 0.717) is 11.7 Å². The van der Waals surface area contributed by atoms with E-state index in [-0.39, 0.29) is 11.4 Å². The Morgan fingerprint density at radius 2 is 1.94 bits per heavy atom. The maximum atomic E-state index is 11.6. The van der Waals surface area contributed by atoms with Crippen LogP contribution in [0.5, 0.6) is 11.5 Å². The first-order chi connectivity index (χ1) is 7.33. The molecule has 1 unspecified atom stereocenters. The van der Waals surface area contributed by atoms with Crippen molar-refractivity contribution in [3.05, 3.63) is 23.8 Å². The second-order valence-corrected chi connectivity index (χ2v) is 5.23. The predicted molar refractivity (Wildman–Crippen MR) is 65.7 cm³/mol. The Kier molecular flexibility index (Phi) is 3.84. The zero-order chi connectivity index (χ0) is 12.3. The minimum atomic E-state index is -0.326. The van der Waals surface area contributed by atoms with Crippen LogP contribution in [-0.4, -0.2) is 5.60 Å². The van der Waals surface area contributed by atoms with E-state index < -0.39 is 0 Å². The van der Waals surface area contributed by atoms with Gasteiger partial charge in [-0.2, -0.15) is 0 Å². The van der Waals surface area contributed by atoms with Gasteiger partial charge in [0.2, 0.25) is 5.75 Å². The molecule has 1 radical (unpaired) electrons. The minimum absolute atomic E-state index is 0.0398. The van der Waals surface area contributed by atoms with Crippen molar-refractivity contribution < 1.29 is 9.84 Å². The first-order valence-electron chi connectivity index (χ1n) is 5.83. The zero-order valence-electron chi connectivity index (χ0n) is 10.8. The van der Waals surface area contributed by atoms with Gasteiger partial charge in [0.05, 0.1) is 0 Å². The lowest BCUT2D eigenvalue weighted by atomic mass is 9.98. The predicted octanol–water partition coefficient (Wildman–Crippen LogP) is 4.52. The maximum Gasteiger partial charge on any atom is 0.220 e. The molecule has 0 heterocycles. The van der Waals surface area contributed by atoms with E-state index >= 15 is 0 Å². The molecule has 0 aliphatic rings. The molecule has 1 aromatic carbocycles. The van der Waals surface area contributed by atoms with Crippen molar-refractivity contribution >= 4 is 0 Å². The zero-order valence-corrected chi connectivity index (χ0v) is 10.8. The summed E-state index contributed by atoms with van der Waals surface area (Å²) in [4.78, 5) is 0. The molecular weight excluding hydrogens is 200 g/mol. The molecule has 0 N–H and O–H groups in total. The number of hydrogen-bond donors (Lipinski definition) is 0. The monoisotopic (exact) mass is 221 g/mol. The van der Waals surface area contributed by atoms with E-state index in [1.807, 2.05) is 32.9 Å². The summed E-state index contributed by atoms with van der Waals surface area (Å²) in [6.07, 6.45) is 1.06. The Hall–Kier alpha value is -1.18. The summed E-state index contributed by atoms with van der Waals surface area (Å²) in [6.45, 7) is 10.1. The molecule has 0 saturated heterocycles. The van der Waals surface area contributed by atoms with Crippen LogP contribution in [0.25, 0.3) is 0 Å². The summed E-state index contributed by atoms with van der Waals surface area (Å²) < 4.78 is 5.66. The summed E-state index contributed by atoms with van der Waals surface area (Å²) >= 11 is 0. The molecule has 0 amide bonds. The lowest BCUT2D eigenvalue weighted by Crippen LogP contribution is -2.23. The molecule has 0 saturated carbocycles. The van der Waals surface area contributed by atoms with E-state index in [4.69, 9.17) is 4.74 Å². The second kappa shape index (κ2) is 4.77. The van der Waals surface area contributed by atoms with E-state index in [0.717, 1.165) is 6.42 Å². The standard InChI is InChI=1S/C14H21O2/c1-6-10(2)11-7-8-12(15)13(9-11)16-14(3,4)5/h7-10H,6H2,1-5H3. The van der Waals surface area contributed by atoms with Crippen LogP contribution in [0.2, 0.25) is 0 Å². The molecule has 1 atom stereocenters. The number of hydrogen-bond acceptors (Lipinski definition) is 1. The lowest BCUT2D eigenvalue weighted by molar-refractivity contribution is 0.122. The molecule has 1 aromatic rings. The quantitative estimate of drug-likeness (QED) is 0.737. The fourth-order valence-electron chi connectivity index (χ4n) is 1.48. The highest BCUT2D eigenvalue weighted by Crippen LogP contribution is 2.33. The molecule has 2 heteroatoms. The first-order valence-corrected chi connectivity index (χ1v) is 5.83. The van der Waals surface area contributed by atoms with E-state index in [1.165, 1.54) is 5.56 Å². The highest BCUT2D eigenvalue weighted by molar-refractivity contribution is 5.43. The van der Waals surface area contributed by atoms with Gasteiger partial charge in [0, 0.05) is 0 Å². The molecule has 1 rings (SSSR count). The summed E-state index contributed by atoms with van der Waals surface area (Å²) in [7, 11) is 0. The van der Waals surface area contributed by atoms with E-state index in [2.05, 4.69) is 13.8 Å². The molecule has 0 fully saturated rings. The van der Waals surface area contributed by atoms with Crippen molar-refractivity contribution in [3.63, 3.8) is 0 Å². The smallest absolute Gasteiger partial charge is 0.220 e. The maximum absolute atomic E-state index is 11.6. The number of ether oxygens (including phenoxy) is 1. The third-order valence-electron chi connectivity index (χ3n) is 2.57. The van der Waals surface area contributed by atoms with Crippen molar-refractivity contribution in [1.29, 1.82) is 0 Å². The summed E-state index contributed by atoms with van der Waals surface area (Å²) in [6, 6.07) is 5.37.